The number of thiophene rings is 1. The molecule has 1 amide bonds. The van der Waals surface area contributed by atoms with E-state index in [4.69, 9.17) is 4.74 Å². The van der Waals surface area contributed by atoms with Crippen LogP contribution in [0.1, 0.15) is 29.6 Å². The van der Waals surface area contributed by atoms with Gasteiger partial charge in [-0.1, -0.05) is 0 Å². The van der Waals surface area contributed by atoms with Crippen LogP contribution in [0.25, 0.3) is 0 Å². The highest BCUT2D eigenvalue weighted by molar-refractivity contribution is 9.11. The molecule has 88 valence electrons. The lowest BCUT2D eigenvalue weighted by molar-refractivity contribution is 0.0907. The van der Waals surface area contributed by atoms with E-state index in [0.717, 1.165) is 35.2 Å². The topological polar surface area (TPSA) is 38.3 Å². The monoisotopic (exact) mass is 303 g/mol. The van der Waals surface area contributed by atoms with Crippen LogP contribution in [0.2, 0.25) is 0 Å². The number of nitrogens with one attached hydrogen (secondary N) is 1. The van der Waals surface area contributed by atoms with Gasteiger partial charge in [-0.3, -0.25) is 4.79 Å². The van der Waals surface area contributed by atoms with Crippen molar-refractivity contribution in [3.05, 3.63) is 20.8 Å². The van der Waals surface area contributed by atoms with Crippen LogP contribution < -0.4 is 5.32 Å². The lowest BCUT2D eigenvalue weighted by Gasteiger charge is -2.09. The maximum atomic E-state index is 11.7. The number of rotatable bonds is 4. The van der Waals surface area contributed by atoms with E-state index in [1.54, 1.807) is 0 Å². The molecule has 0 aromatic carbocycles. The summed E-state index contributed by atoms with van der Waals surface area (Å²) >= 11 is 4.86. The van der Waals surface area contributed by atoms with Crippen LogP contribution in [0.5, 0.6) is 0 Å². The zero-order chi connectivity index (χ0) is 11.4. The third-order valence-corrected chi connectivity index (χ3v) is 4.11. The standard InChI is InChI=1S/C11H14BrNO2S/c12-10-6-8(7-16-10)11(14)13-4-3-9-2-1-5-15-9/h6-7,9H,1-5H2,(H,13,14). The molecule has 3 nitrogen and oxygen atoms in total. The number of hydrogen-bond donors (Lipinski definition) is 1. The minimum absolute atomic E-state index is 0.0000491. The first-order valence-electron chi connectivity index (χ1n) is 5.39. The first kappa shape index (κ1) is 12.1. The predicted octanol–water partition coefficient (Wildman–Crippen LogP) is 2.81. The Morgan fingerprint density at radius 3 is 3.19 bits per heavy atom. The van der Waals surface area contributed by atoms with Crippen molar-refractivity contribution in [3.8, 4) is 0 Å². The van der Waals surface area contributed by atoms with Crippen LogP contribution in [0.3, 0.4) is 0 Å². The van der Waals surface area contributed by atoms with Crippen LogP contribution >= 0.6 is 27.3 Å². The van der Waals surface area contributed by atoms with Crippen molar-refractivity contribution in [3.63, 3.8) is 0 Å². The maximum absolute atomic E-state index is 11.7. The van der Waals surface area contributed by atoms with E-state index in [0.29, 0.717) is 12.6 Å². The summed E-state index contributed by atoms with van der Waals surface area (Å²) in [5.74, 6) is -0.0000491. The summed E-state index contributed by atoms with van der Waals surface area (Å²) in [5.41, 5.74) is 0.726. The van der Waals surface area contributed by atoms with E-state index < -0.39 is 0 Å². The normalized spacial score (nSPS) is 19.9. The van der Waals surface area contributed by atoms with Gasteiger partial charge in [-0.25, -0.2) is 0 Å². The molecule has 0 aliphatic carbocycles. The summed E-state index contributed by atoms with van der Waals surface area (Å²) in [6.07, 6.45) is 3.53. The molecule has 0 saturated carbocycles. The summed E-state index contributed by atoms with van der Waals surface area (Å²) in [6.45, 7) is 1.56. The predicted molar refractivity (Wildman–Crippen MR) is 67.9 cm³/mol. The van der Waals surface area contributed by atoms with Gasteiger partial charge in [-0.2, -0.15) is 0 Å². The third-order valence-electron chi connectivity index (χ3n) is 2.61. The molecule has 2 heterocycles. The van der Waals surface area contributed by atoms with E-state index in [1.807, 2.05) is 11.4 Å². The molecule has 1 aliphatic rings. The summed E-state index contributed by atoms with van der Waals surface area (Å²) in [4.78, 5) is 11.7. The minimum Gasteiger partial charge on any atom is -0.378 e. The van der Waals surface area contributed by atoms with Gasteiger partial charge in [0, 0.05) is 18.5 Å². The summed E-state index contributed by atoms with van der Waals surface area (Å²) in [6, 6.07) is 1.84. The van der Waals surface area contributed by atoms with Gasteiger partial charge < -0.3 is 10.1 Å². The number of ether oxygens (including phenoxy) is 1. The maximum Gasteiger partial charge on any atom is 0.252 e. The third kappa shape index (κ3) is 3.30. The van der Waals surface area contributed by atoms with Crippen molar-refractivity contribution in [1.82, 2.24) is 5.32 Å². The van der Waals surface area contributed by atoms with E-state index in [1.165, 1.54) is 11.3 Å². The molecule has 0 radical (unpaired) electrons. The van der Waals surface area contributed by atoms with Gasteiger partial charge in [0.15, 0.2) is 0 Å². The summed E-state index contributed by atoms with van der Waals surface area (Å²) in [7, 11) is 0. The Hall–Kier alpha value is -0.390. The summed E-state index contributed by atoms with van der Waals surface area (Å²) in [5, 5.41) is 4.76. The average Bonchev–Trinajstić information content (AvgIpc) is 2.89. The van der Waals surface area contributed by atoms with Crippen LogP contribution in [0, 0.1) is 0 Å². The second-order valence-corrected chi connectivity index (χ2v) is 6.11. The fourth-order valence-electron chi connectivity index (χ4n) is 1.75. The molecule has 5 heteroatoms. The SMILES string of the molecule is O=C(NCCC1CCCO1)c1csc(Br)c1. The molecule has 1 saturated heterocycles. The summed E-state index contributed by atoms with van der Waals surface area (Å²) < 4.78 is 6.47. The van der Waals surface area contributed by atoms with Crippen molar-refractivity contribution in [2.75, 3.05) is 13.2 Å². The lowest BCUT2D eigenvalue weighted by atomic mass is 10.2. The van der Waals surface area contributed by atoms with Crippen molar-refractivity contribution in [1.29, 1.82) is 0 Å². The van der Waals surface area contributed by atoms with E-state index in [9.17, 15) is 4.79 Å². The van der Waals surface area contributed by atoms with Gasteiger partial charge in [0.05, 0.1) is 15.5 Å². The quantitative estimate of drug-likeness (QED) is 0.929. The molecular weight excluding hydrogens is 290 g/mol. The van der Waals surface area contributed by atoms with Crippen LogP contribution in [-0.2, 0) is 4.74 Å². The van der Waals surface area contributed by atoms with Crippen molar-refractivity contribution in [2.45, 2.75) is 25.4 Å². The molecule has 0 bridgehead atoms. The fraction of sp³-hybridized carbons (Fsp3) is 0.545. The molecule has 1 aromatic rings. The Morgan fingerprint density at radius 2 is 2.56 bits per heavy atom. The van der Waals surface area contributed by atoms with Crippen molar-refractivity contribution >= 4 is 33.2 Å². The molecular formula is C11H14BrNO2S. The van der Waals surface area contributed by atoms with Gasteiger partial charge in [0.1, 0.15) is 0 Å². The fourth-order valence-corrected chi connectivity index (χ4v) is 2.89. The number of carbonyl (C=O) groups excluding carboxylic acids is 1. The molecule has 0 spiro atoms. The van der Waals surface area contributed by atoms with Gasteiger partial charge in [0.2, 0.25) is 0 Å². The number of carbonyl (C=O) groups is 1. The lowest BCUT2D eigenvalue weighted by Crippen LogP contribution is -2.26. The molecule has 2 rings (SSSR count). The van der Waals surface area contributed by atoms with Crippen LogP contribution in [0.15, 0.2) is 15.2 Å². The number of hydrogen-bond acceptors (Lipinski definition) is 3. The van der Waals surface area contributed by atoms with Gasteiger partial charge in [0.25, 0.3) is 5.91 Å². The zero-order valence-electron chi connectivity index (χ0n) is 8.87. The second kappa shape index (κ2) is 5.80. The minimum atomic E-state index is -0.0000491. The Kier molecular flexibility index (Phi) is 4.37. The van der Waals surface area contributed by atoms with E-state index in [2.05, 4.69) is 21.2 Å². The Balaban J connectivity index is 1.71. The molecule has 1 aromatic heterocycles. The van der Waals surface area contributed by atoms with E-state index in [-0.39, 0.29) is 5.91 Å². The average molecular weight is 304 g/mol. The Bertz CT molecular complexity index is 361. The first-order chi connectivity index (χ1) is 7.75. The highest BCUT2D eigenvalue weighted by atomic mass is 79.9. The zero-order valence-corrected chi connectivity index (χ0v) is 11.3. The first-order valence-corrected chi connectivity index (χ1v) is 7.07. The van der Waals surface area contributed by atoms with Gasteiger partial charge >= 0.3 is 0 Å². The molecule has 1 atom stereocenters. The van der Waals surface area contributed by atoms with E-state index >= 15 is 0 Å². The number of halogens is 1. The van der Waals surface area contributed by atoms with Gasteiger partial charge in [-0.05, 0) is 41.3 Å². The largest absolute Gasteiger partial charge is 0.378 e. The highest BCUT2D eigenvalue weighted by Crippen LogP contribution is 2.20. The van der Waals surface area contributed by atoms with Gasteiger partial charge in [-0.15, -0.1) is 11.3 Å². The van der Waals surface area contributed by atoms with Crippen LogP contribution in [0.4, 0.5) is 0 Å². The molecule has 16 heavy (non-hydrogen) atoms. The van der Waals surface area contributed by atoms with Crippen molar-refractivity contribution in [2.24, 2.45) is 0 Å². The van der Waals surface area contributed by atoms with Crippen molar-refractivity contribution < 1.29 is 9.53 Å². The Labute approximate surface area is 107 Å². The Morgan fingerprint density at radius 1 is 1.69 bits per heavy atom. The molecule has 1 N–H and O–H groups in total. The highest BCUT2D eigenvalue weighted by Gasteiger charge is 2.15. The molecule has 1 unspecified atom stereocenters. The molecule has 1 aliphatic heterocycles. The molecule has 1 fully saturated rings. The number of amides is 1. The smallest absolute Gasteiger partial charge is 0.252 e. The second-order valence-electron chi connectivity index (χ2n) is 3.82. The van der Waals surface area contributed by atoms with Crippen LogP contribution in [-0.4, -0.2) is 25.2 Å².